The fraction of sp³-hybridized carbons (Fsp3) is 0.100. The van der Waals surface area contributed by atoms with E-state index in [1.165, 1.54) is 0 Å². The number of carbonyl (C=O) groups is 1. The third-order valence-corrected chi connectivity index (χ3v) is 2.51. The molecule has 1 aromatic carbocycles. The summed E-state index contributed by atoms with van der Waals surface area (Å²) < 4.78 is 5.40. The molecule has 1 aromatic heterocycles. The van der Waals surface area contributed by atoms with Crippen molar-refractivity contribution in [2.24, 2.45) is 5.84 Å². The van der Waals surface area contributed by atoms with Crippen LogP contribution in [0.2, 0.25) is 0 Å². The van der Waals surface area contributed by atoms with E-state index in [2.05, 4.69) is 18.1 Å². The number of hydrogen-bond donors (Lipinski definition) is 3. The number of thiol groups is 1. The Morgan fingerprint density at radius 2 is 2.20 bits per heavy atom. The standard InChI is InChI=1S/C10H10N2O2S/c11-12-10(13)9-7(5-15)6-3-1-2-4-8(6)14-9/h1-4,15H,5,11H2,(H,12,13). The van der Waals surface area contributed by atoms with Crippen LogP contribution in [-0.4, -0.2) is 5.91 Å². The second-order valence-electron chi connectivity index (χ2n) is 3.04. The van der Waals surface area contributed by atoms with Crippen molar-refractivity contribution < 1.29 is 9.21 Å². The van der Waals surface area contributed by atoms with Crippen molar-refractivity contribution in [1.29, 1.82) is 0 Å². The molecule has 2 rings (SSSR count). The van der Waals surface area contributed by atoms with Crippen LogP contribution in [0, 0.1) is 0 Å². The van der Waals surface area contributed by atoms with Crippen LogP contribution >= 0.6 is 12.6 Å². The number of rotatable bonds is 2. The Hall–Kier alpha value is -1.46. The number of fused-ring (bicyclic) bond motifs is 1. The van der Waals surface area contributed by atoms with Gasteiger partial charge in [0, 0.05) is 16.7 Å². The van der Waals surface area contributed by atoms with Crippen LogP contribution in [0.1, 0.15) is 16.1 Å². The summed E-state index contributed by atoms with van der Waals surface area (Å²) >= 11 is 4.17. The van der Waals surface area contributed by atoms with Crippen molar-refractivity contribution in [3.05, 3.63) is 35.6 Å². The van der Waals surface area contributed by atoms with Crippen LogP contribution in [0.15, 0.2) is 28.7 Å². The number of para-hydroxylation sites is 1. The van der Waals surface area contributed by atoms with Crippen LogP contribution in [-0.2, 0) is 5.75 Å². The molecule has 78 valence electrons. The first-order valence-electron chi connectivity index (χ1n) is 4.40. The summed E-state index contributed by atoms with van der Waals surface area (Å²) in [6.45, 7) is 0. The molecule has 0 radical (unpaired) electrons. The normalized spacial score (nSPS) is 10.5. The van der Waals surface area contributed by atoms with Crippen molar-refractivity contribution >= 4 is 29.5 Å². The molecule has 0 unspecified atom stereocenters. The number of benzene rings is 1. The van der Waals surface area contributed by atoms with Gasteiger partial charge in [0.15, 0.2) is 5.76 Å². The van der Waals surface area contributed by atoms with Crippen LogP contribution in [0.5, 0.6) is 0 Å². The minimum absolute atomic E-state index is 0.230. The summed E-state index contributed by atoms with van der Waals surface area (Å²) in [5.41, 5.74) is 3.48. The molecule has 3 N–H and O–H groups in total. The molecular weight excluding hydrogens is 212 g/mol. The molecule has 0 saturated heterocycles. The largest absolute Gasteiger partial charge is 0.451 e. The number of carbonyl (C=O) groups excluding carboxylic acids is 1. The average molecular weight is 222 g/mol. The number of amides is 1. The van der Waals surface area contributed by atoms with Gasteiger partial charge in [-0.2, -0.15) is 12.6 Å². The zero-order chi connectivity index (χ0) is 10.8. The van der Waals surface area contributed by atoms with Crippen molar-refractivity contribution in [2.75, 3.05) is 0 Å². The lowest BCUT2D eigenvalue weighted by Gasteiger charge is -1.96. The van der Waals surface area contributed by atoms with Crippen molar-refractivity contribution in [2.45, 2.75) is 5.75 Å². The van der Waals surface area contributed by atoms with Gasteiger partial charge in [-0.3, -0.25) is 10.2 Å². The summed E-state index contributed by atoms with van der Waals surface area (Å²) in [6, 6.07) is 7.42. The Morgan fingerprint density at radius 1 is 1.47 bits per heavy atom. The van der Waals surface area contributed by atoms with Gasteiger partial charge < -0.3 is 4.42 Å². The first-order chi connectivity index (χ1) is 7.27. The van der Waals surface area contributed by atoms with E-state index in [-0.39, 0.29) is 5.76 Å². The zero-order valence-corrected chi connectivity index (χ0v) is 8.75. The summed E-state index contributed by atoms with van der Waals surface area (Å²) in [7, 11) is 0. The molecular formula is C10H10N2O2S. The van der Waals surface area contributed by atoms with Gasteiger partial charge >= 0.3 is 5.91 Å². The highest BCUT2D eigenvalue weighted by molar-refractivity contribution is 7.79. The van der Waals surface area contributed by atoms with Gasteiger partial charge in [-0.05, 0) is 6.07 Å². The lowest BCUT2D eigenvalue weighted by Crippen LogP contribution is -2.30. The van der Waals surface area contributed by atoms with Gasteiger partial charge in [0.25, 0.3) is 0 Å². The summed E-state index contributed by atoms with van der Waals surface area (Å²) in [6.07, 6.45) is 0. The van der Waals surface area contributed by atoms with Gasteiger partial charge in [-0.25, -0.2) is 5.84 Å². The maximum absolute atomic E-state index is 11.4. The predicted octanol–water partition coefficient (Wildman–Crippen LogP) is 1.47. The predicted molar refractivity (Wildman–Crippen MR) is 60.6 cm³/mol. The van der Waals surface area contributed by atoms with E-state index in [0.717, 1.165) is 10.9 Å². The van der Waals surface area contributed by atoms with Crippen molar-refractivity contribution in [1.82, 2.24) is 5.43 Å². The van der Waals surface area contributed by atoms with E-state index < -0.39 is 5.91 Å². The van der Waals surface area contributed by atoms with Crippen LogP contribution in [0.4, 0.5) is 0 Å². The third-order valence-electron chi connectivity index (χ3n) is 2.19. The number of nitrogens with two attached hydrogens (primary N) is 1. The molecule has 5 heteroatoms. The maximum Gasteiger partial charge on any atom is 0.301 e. The Morgan fingerprint density at radius 3 is 2.87 bits per heavy atom. The SMILES string of the molecule is NNC(=O)c1oc2ccccc2c1CS. The topological polar surface area (TPSA) is 68.3 Å². The molecule has 0 atom stereocenters. The number of furan rings is 1. The maximum atomic E-state index is 11.4. The number of hydrazine groups is 1. The summed E-state index contributed by atoms with van der Waals surface area (Å²) in [4.78, 5) is 11.4. The van der Waals surface area contributed by atoms with Crippen LogP contribution in [0.3, 0.4) is 0 Å². The lowest BCUT2D eigenvalue weighted by atomic mass is 10.1. The van der Waals surface area contributed by atoms with E-state index in [9.17, 15) is 4.79 Å². The van der Waals surface area contributed by atoms with Gasteiger partial charge in [0.1, 0.15) is 5.58 Å². The second-order valence-corrected chi connectivity index (χ2v) is 3.35. The third kappa shape index (κ3) is 1.60. The van der Waals surface area contributed by atoms with Crippen LogP contribution in [0.25, 0.3) is 11.0 Å². The Bertz CT molecular complexity index is 507. The molecule has 1 amide bonds. The molecule has 0 aliphatic heterocycles. The van der Waals surface area contributed by atoms with Gasteiger partial charge in [0.2, 0.25) is 0 Å². The van der Waals surface area contributed by atoms with Crippen molar-refractivity contribution in [3.63, 3.8) is 0 Å². The number of nitrogens with one attached hydrogen (secondary N) is 1. The van der Waals surface area contributed by atoms with Crippen LogP contribution < -0.4 is 11.3 Å². The van der Waals surface area contributed by atoms with E-state index in [1.54, 1.807) is 6.07 Å². The minimum Gasteiger partial charge on any atom is -0.451 e. The fourth-order valence-corrected chi connectivity index (χ4v) is 1.82. The van der Waals surface area contributed by atoms with E-state index in [0.29, 0.717) is 11.3 Å². The minimum atomic E-state index is -0.435. The highest BCUT2D eigenvalue weighted by atomic mass is 32.1. The molecule has 0 saturated carbocycles. The van der Waals surface area contributed by atoms with E-state index >= 15 is 0 Å². The molecule has 0 spiro atoms. The molecule has 0 aliphatic carbocycles. The lowest BCUT2D eigenvalue weighted by molar-refractivity contribution is 0.0927. The smallest absolute Gasteiger partial charge is 0.301 e. The number of nitrogen functional groups attached to an aromatic ring is 1. The highest BCUT2D eigenvalue weighted by Crippen LogP contribution is 2.26. The van der Waals surface area contributed by atoms with Gasteiger partial charge in [0.05, 0.1) is 0 Å². The van der Waals surface area contributed by atoms with E-state index in [1.807, 2.05) is 18.2 Å². The van der Waals surface area contributed by atoms with Gasteiger partial charge in [-0.15, -0.1) is 0 Å². The molecule has 0 aliphatic rings. The fourth-order valence-electron chi connectivity index (χ4n) is 1.50. The average Bonchev–Trinajstić information content (AvgIpc) is 2.66. The Kier molecular flexibility index (Phi) is 2.66. The summed E-state index contributed by atoms with van der Waals surface area (Å²) in [5, 5.41) is 0.895. The Balaban J connectivity index is 2.69. The first kappa shape index (κ1) is 10.1. The highest BCUT2D eigenvalue weighted by Gasteiger charge is 2.18. The molecule has 15 heavy (non-hydrogen) atoms. The molecule has 0 fully saturated rings. The molecule has 4 nitrogen and oxygen atoms in total. The second kappa shape index (κ2) is 3.96. The summed E-state index contributed by atoms with van der Waals surface area (Å²) in [5.74, 6) is 5.29. The molecule has 2 aromatic rings. The van der Waals surface area contributed by atoms with E-state index in [4.69, 9.17) is 10.3 Å². The van der Waals surface area contributed by atoms with Crippen molar-refractivity contribution in [3.8, 4) is 0 Å². The van der Waals surface area contributed by atoms with Gasteiger partial charge in [-0.1, -0.05) is 18.2 Å². The zero-order valence-electron chi connectivity index (χ0n) is 7.86. The molecule has 0 bridgehead atoms. The Labute approximate surface area is 91.8 Å². The monoisotopic (exact) mass is 222 g/mol. The number of hydrogen-bond acceptors (Lipinski definition) is 4. The first-order valence-corrected chi connectivity index (χ1v) is 5.03. The quantitative estimate of drug-likeness (QED) is 0.312. The molecule has 1 heterocycles.